The lowest BCUT2D eigenvalue weighted by Crippen LogP contribution is -2.37. The number of esters is 1. The molecule has 0 N–H and O–H groups in total. The van der Waals surface area contributed by atoms with E-state index in [4.69, 9.17) is 9.15 Å². The van der Waals surface area contributed by atoms with Gasteiger partial charge >= 0.3 is 5.97 Å². The third kappa shape index (κ3) is 3.78. The lowest BCUT2D eigenvalue weighted by molar-refractivity contribution is 0.0600. The third-order valence-electron chi connectivity index (χ3n) is 5.58. The smallest absolute Gasteiger partial charge is 0.337 e. The van der Waals surface area contributed by atoms with Crippen molar-refractivity contribution >= 4 is 23.3 Å². The van der Waals surface area contributed by atoms with E-state index in [9.17, 15) is 14.4 Å². The number of hydrogen-bond acceptors (Lipinski definition) is 5. The molecule has 0 radical (unpaired) electrons. The minimum atomic E-state index is -0.428. The minimum Gasteiger partial charge on any atom is -0.465 e. The number of methoxy groups -OCH3 is 1. The van der Waals surface area contributed by atoms with Crippen LogP contribution in [0.25, 0.3) is 0 Å². The van der Waals surface area contributed by atoms with Crippen LogP contribution in [0.2, 0.25) is 0 Å². The number of ketones is 1. The van der Waals surface area contributed by atoms with Crippen LogP contribution in [0.15, 0.2) is 22.6 Å². The van der Waals surface area contributed by atoms with Gasteiger partial charge in [-0.3, -0.25) is 9.59 Å². The molecule has 6 heteroatoms. The van der Waals surface area contributed by atoms with Crippen molar-refractivity contribution in [2.45, 2.75) is 60.4 Å². The van der Waals surface area contributed by atoms with Crippen LogP contribution >= 0.6 is 0 Å². The van der Waals surface area contributed by atoms with Crippen molar-refractivity contribution in [2.24, 2.45) is 5.41 Å². The number of ether oxygens (including phenoxy) is 1. The Bertz CT molecular complexity index is 1030. The number of benzene rings is 1. The van der Waals surface area contributed by atoms with E-state index in [1.807, 2.05) is 34.6 Å². The van der Waals surface area contributed by atoms with E-state index >= 15 is 0 Å². The van der Waals surface area contributed by atoms with Crippen LogP contribution in [-0.2, 0) is 11.2 Å². The maximum atomic E-state index is 13.5. The van der Waals surface area contributed by atoms with Gasteiger partial charge in [-0.25, -0.2) is 4.79 Å². The molecular weight excluding hydrogens is 382 g/mol. The summed E-state index contributed by atoms with van der Waals surface area (Å²) in [6.45, 7) is 11.5. The zero-order chi connectivity index (χ0) is 22.4. The highest BCUT2D eigenvalue weighted by molar-refractivity contribution is 6.09. The Morgan fingerprint density at radius 2 is 1.83 bits per heavy atom. The molecular formula is C24H29NO5. The summed E-state index contributed by atoms with van der Waals surface area (Å²) in [6.07, 6.45) is 1.06. The SMILES string of the molecule is COC(=O)c1ccc(N(C(=O)c2oc3c(c2C)C(=O)CC(C)(C)C3)C(C)C)c(C)c1. The highest BCUT2D eigenvalue weighted by Crippen LogP contribution is 2.39. The largest absolute Gasteiger partial charge is 0.465 e. The fourth-order valence-electron chi connectivity index (χ4n) is 4.19. The first kappa shape index (κ1) is 21.8. The molecule has 1 aliphatic rings. The molecule has 6 nitrogen and oxygen atoms in total. The van der Waals surface area contributed by atoms with Crippen LogP contribution in [0.4, 0.5) is 5.69 Å². The van der Waals surface area contributed by atoms with Crippen molar-refractivity contribution in [1.29, 1.82) is 0 Å². The van der Waals surface area contributed by atoms with Crippen LogP contribution < -0.4 is 4.90 Å². The number of rotatable bonds is 4. The third-order valence-corrected chi connectivity index (χ3v) is 5.58. The first-order chi connectivity index (χ1) is 14.0. The molecule has 1 heterocycles. The molecule has 0 fully saturated rings. The van der Waals surface area contributed by atoms with E-state index in [1.165, 1.54) is 7.11 Å². The Kier molecular flexibility index (Phi) is 5.63. The summed E-state index contributed by atoms with van der Waals surface area (Å²) < 4.78 is 10.8. The summed E-state index contributed by atoms with van der Waals surface area (Å²) >= 11 is 0. The maximum Gasteiger partial charge on any atom is 0.337 e. The molecule has 1 aliphatic carbocycles. The molecule has 0 atom stereocenters. The second-order valence-corrected chi connectivity index (χ2v) is 9.06. The number of anilines is 1. The molecule has 0 unspecified atom stereocenters. The van der Waals surface area contributed by atoms with Gasteiger partial charge < -0.3 is 14.1 Å². The van der Waals surface area contributed by atoms with Crippen molar-refractivity contribution in [3.05, 3.63) is 52.0 Å². The van der Waals surface area contributed by atoms with E-state index in [2.05, 4.69) is 0 Å². The normalized spacial score (nSPS) is 15.1. The number of amides is 1. The predicted molar refractivity (Wildman–Crippen MR) is 114 cm³/mol. The molecule has 0 saturated heterocycles. The zero-order valence-corrected chi connectivity index (χ0v) is 18.7. The summed E-state index contributed by atoms with van der Waals surface area (Å²) in [5.74, 6) is 0.102. The Morgan fingerprint density at radius 1 is 1.17 bits per heavy atom. The second kappa shape index (κ2) is 7.74. The minimum absolute atomic E-state index is 0.0243. The summed E-state index contributed by atoms with van der Waals surface area (Å²) in [6, 6.07) is 4.93. The molecule has 0 saturated carbocycles. The number of carbonyl (C=O) groups excluding carboxylic acids is 3. The number of furan rings is 1. The van der Waals surface area contributed by atoms with Gasteiger partial charge in [-0.1, -0.05) is 13.8 Å². The van der Waals surface area contributed by atoms with Gasteiger partial charge in [0.05, 0.1) is 18.2 Å². The van der Waals surface area contributed by atoms with Gasteiger partial charge in [0.1, 0.15) is 5.76 Å². The molecule has 1 amide bonds. The Labute approximate surface area is 177 Å². The lowest BCUT2D eigenvalue weighted by atomic mass is 9.76. The van der Waals surface area contributed by atoms with Crippen molar-refractivity contribution < 1.29 is 23.5 Å². The van der Waals surface area contributed by atoms with Gasteiger partial charge in [0, 0.05) is 30.1 Å². The summed E-state index contributed by atoms with van der Waals surface area (Å²) in [7, 11) is 1.33. The molecule has 30 heavy (non-hydrogen) atoms. The van der Waals surface area contributed by atoms with Gasteiger partial charge in [0.15, 0.2) is 11.5 Å². The molecule has 160 valence electrons. The van der Waals surface area contributed by atoms with Crippen LogP contribution in [0, 0.1) is 19.3 Å². The quantitative estimate of drug-likeness (QED) is 0.669. The fourth-order valence-corrected chi connectivity index (χ4v) is 4.19. The average Bonchev–Trinajstić information content (AvgIpc) is 2.97. The van der Waals surface area contributed by atoms with E-state index < -0.39 is 5.97 Å². The monoisotopic (exact) mass is 411 g/mol. The number of Topliss-reactive ketones (excluding diaryl/α,β-unsaturated/α-hetero) is 1. The van der Waals surface area contributed by atoms with Crippen molar-refractivity contribution in [2.75, 3.05) is 12.0 Å². The van der Waals surface area contributed by atoms with Crippen LogP contribution in [0.1, 0.15) is 82.3 Å². The van der Waals surface area contributed by atoms with Crippen LogP contribution in [0.5, 0.6) is 0 Å². The fraction of sp³-hybridized carbons (Fsp3) is 0.458. The standard InChI is InChI=1S/C24H29NO5/c1-13(2)25(17-9-8-16(10-14(17)3)23(28)29-7)22(27)21-15(4)20-18(26)11-24(5,6)12-19(20)30-21/h8-10,13H,11-12H2,1-7H3. The molecule has 0 aliphatic heterocycles. The molecule has 0 bridgehead atoms. The Balaban J connectivity index is 2.05. The first-order valence-electron chi connectivity index (χ1n) is 10.1. The van der Waals surface area contributed by atoms with Crippen molar-refractivity contribution in [1.82, 2.24) is 0 Å². The van der Waals surface area contributed by atoms with E-state index in [0.717, 1.165) is 5.56 Å². The van der Waals surface area contributed by atoms with Gasteiger partial charge in [0.2, 0.25) is 0 Å². The molecule has 1 aromatic carbocycles. The molecule has 0 spiro atoms. The lowest BCUT2D eigenvalue weighted by Gasteiger charge is -2.28. The number of nitrogens with zero attached hydrogens (tertiary/aromatic N) is 1. The van der Waals surface area contributed by atoms with E-state index in [1.54, 1.807) is 30.0 Å². The number of fused-ring (bicyclic) bond motifs is 1. The predicted octanol–water partition coefficient (Wildman–Crippen LogP) is 4.89. The maximum absolute atomic E-state index is 13.5. The topological polar surface area (TPSA) is 76.8 Å². The van der Waals surface area contributed by atoms with Gasteiger partial charge in [-0.15, -0.1) is 0 Å². The highest BCUT2D eigenvalue weighted by atomic mass is 16.5. The van der Waals surface area contributed by atoms with Crippen LogP contribution in [0.3, 0.4) is 0 Å². The zero-order valence-electron chi connectivity index (χ0n) is 18.7. The van der Waals surface area contributed by atoms with Crippen molar-refractivity contribution in [3.63, 3.8) is 0 Å². The second-order valence-electron chi connectivity index (χ2n) is 9.06. The van der Waals surface area contributed by atoms with Crippen molar-refractivity contribution in [3.8, 4) is 0 Å². The Hall–Kier alpha value is -2.89. The van der Waals surface area contributed by atoms with E-state index in [-0.39, 0.29) is 28.9 Å². The van der Waals surface area contributed by atoms with Gasteiger partial charge in [-0.05, 0) is 56.9 Å². The number of carbonyl (C=O) groups is 3. The van der Waals surface area contributed by atoms with Gasteiger partial charge in [-0.2, -0.15) is 0 Å². The average molecular weight is 411 g/mol. The first-order valence-corrected chi connectivity index (χ1v) is 10.1. The van der Waals surface area contributed by atoms with E-state index in [0.29, 0.717) is 41.0 Å². The molecule has 2 aromatic rings. The summed E-state index contributed by atoms with van der Waals surface area (Å²) in [5, 5.41) is 0. The molecule has 1 aromatic heterocycles. The number of hydrogen-bond donors (Lipinski definition) is 0. The highest BCUT2D eigenvalue weighted by Gasteiger charge is 2.38. The molecule has 3 rings (SSSR count). The summed E-state index contributed by atoms with van der Waals surface area (Å²) in [4.78, 5) is 39.7. The summed E-state index contributed by atoms with van der Waals surface area (Å²) in [5.41, 5.74) is 2.85. The van der Waals surface area contributed by atoms with Gasteiger partial charge in [0.25, 0.3) is 5.91 Å². The Morgan fingerprint density at radius 3 is 2.40 bits per heavy atom. The van der Waals surface area contributed by atoms with Crippen LogP contribution in [-0.4, -0.2) is 30.8 Å². The number of aryl methyl sites for hydroxylation is 1.